The highest BCUT2D eigenvalue weighted by atomic mass is 19.1. The van der Waals surface area contributed by atoms with Gasteiger partial charge in [0.2, 0.25) is 0 Å². The molecule has 6 heteroatoms. The lowest BCUT2D eigenvalue weighted by Gasteiger charge is -2.19. The summed E-state index contributed by atoms with van der Waals surface area (Å²) in [6, 6.07) is 5.84. The molecule has 0 bridgehead atoms. The maximum Gasteiger partial charge on any atom is 0.337 e. The van der Waals surface area contributed by atoms with Gasteiger partial charge < -0.3 is 20.2 Å². The summed E-state index contributed by atoms with van der Waals surface area (Å²) in [5, 5.41) is 9.02. The normalized spacial score (nSPS) is 10.6. The highest BCUT2D eigenvalue weighted by molar-refractivity contribution is 5.95. The number of hydrogen-bond donors (Lipinski definition) is 2. The lowest BCUT2D eigenvalue weighted by molar-refractivity contribution is 0.0698. The van der Waals surface area contributed by atoms with Gasteiger partial charge in [0.25, 0.3) is 0 Å². The molecule has 20 heavy (non-hydrogen) atoms. The number of aryl methyl sites for hydroxylation is 1. The van der Waals surface area contributed by atoms with Crippen LogP contribution in [0.2, 0.25) is 0 Å². The van der Waals surface area contributed by atoms with Crippen molar-refractivity contribution in [2.45, 2.75) is 13.5 Å². The van der Waals surface area contributed by atoms with E-state index in [1.165, 1.54) is 6.07 Å². The lowest BCUT2D eigenvalue weighted by atomic mass is 10.1. The minimum absolute atomic E-state index is 0.0963. The van der Waals surface area contributed by atoms with Crippen molar-refractivity contribution in [2.24, 2.45) is 0 Å². The van der Waals surface area contributed by atoms with E-state index in [0.29, 0.717) is 12.3 Å². The number of anilines is 2. The Morgan fingerprint density at radius 3 is 2.70 bits per heavy atom. The smallest absolute Gasteiger partial charge is 0.337 e. The number of aromatic carboxylic acids is 1. The Morgan fingerprint density at radius 1 is 1.45 bits per heavy atom. The van der Waals surface area contributed by atoms with Crippen LogP contribution in [0.1, 0.15) is 21.9 Å². The molecule has 0 saturated heterocycles. The molecule has 0 radical (unpaired) electrons. The molecule has 0 aliphatic rings. The summed E-state index contributed by atoms with van der Waals surface area (Å²) in [5.74, 6) is -0.334. The molecule has 1 aromatic carbocycles. The van der Waals surface area contributed by atoms with Crippen molar-refractivity contribution in [2.75, 3.05) is 17.7 Å². The number of nitrogens with zero attached hydrogens (tertiary/aromatic N) is 1. The van der Waals surface area contributed by atoms with Crippen LogP contribution in [0.5, 0.6) is 0 Å². The van der Waals surface area contributed by atoms with Gasteiger partial charge in [-0.1, -0.05) is 0 Å². The average Bonchev–Trinajstić information content (AvgIpc) is 2.74. The molecule has 0 amide bonds. The van der Waals surface area contributed by atoms with Crippen LogP contribution in [-0.2, 0) is 6.54 Å². The largest absolute Gasteiger partial charge is 0.478 e. The molecule has 3 N–H and O–H groups in total. The third-order valence-corrected chi connectivity index (χ3v) is 2.95. The zero-order chi connectivity index (χ0) is 14.9. The van der Waals surface area contributed by atoms with Crippen molar-refractivity contribution in [3.8, 4) is 0 Å². The number of halogens is 1. The van der Waals surface area contributed by atoms with Gasteiger partial charge in [-0.15, -0.1) is 0 Å². The van der Waals surface area contributed by atoms with E-state index in [1.807, 2.05) is 13.0 Å². The maximum atomic E-state index is 13.9. The first-order chi connectivity index (χ1) is 9.38. The standard InChI is InChI=1S/C14H15FN2O3/c1-8-3-4-9(20-8)7-17(2)13-5-10(14(18)19)12(16)6-11(13)15/h3-6H,7,16H2,1-2H3,(H,18,19). The second-order valence-corrected chi connectivity index (χ2v) is 4.56. The average molecular weight is 278 g/mol. The molecule has 1 aromatic heterocycles. The van der Waals surface area contributed by atoms with Gasteiger partial charge in [0.15, 0.2) is 0 Å². The SMILES string of the molecule is Cc1ccc(CN(C)c2cc(C(=O)O)c(N)cc2F)o1. The van der Waals surface area contributed by atoms with E-state index in [0.717, 1.165) is 11.8 Å². The lowest BCUT2D eigenvalue weighted by Crippen LogP contribution is -2.18. The van der Waals surface area contributed by atoms with E-state index in [9.17, 15) is 9.18 Å². The summed E-state index contributed by atoms with van der Waals surface area (Å²) in [5.41, 5.74) is 5.43. The highest BCUT2D eigenvalue weighted by Gasteiger charge is 2.16. The molecule has 2 rings (SSSR count). The second kappa shape index (κ2) is 5.24. The molecular weight excluding hydrogens is 263 g/mol. The fourth-order valence-corrected chi connectivity index (χ4v) is 1.94. The number of nitrogens with two attached hydrogens (primary N) is 1. The van der Waals surface area contributed by atoms with Gasteiger partial charge in [0, 0.05) is 12.7 Å². The van der Waals surface area contributed by atoms with Crippen molar-refractivity contribution in [3.63, 3.8) is 0 Å². The first-order valence-corrected chi connectivity index (χ1v) is 5.97. The van der Waals surface area contributed by atoms with Crippen molar-refractivity contribution in [3.05, 3.63) is 47.2 Å². The van der Waals surface area contributed by atoms with E-state index in [-0.39, 0.29) is 16.9 Å². The predicted octanol–water partition coefficient (Wildman–Crippen LogP) is 2.64. The van der Waals surface area contributed by atoms with Gasteiger partial charge in [-0.3, -0.25) is 0 Å². The molecule has 0 saturated carbocycles. The van der Waals surface area contributed by atoms with Crippen molar-refractivity contribution < 1.29 is 18.7 Å². The maximum absolute atomic E-state index is 13.9. The number of rotatable bonds is 4. The van der Waals surface area contributed by atoms with E-state index in [2.05, 4.69) is 0 Å². The van der Waals surface area contributed by atoms with Gasteiger partial charge in [0.1, 0.15) is 17.3 Å². The zero-order valence-corrected chi connectivity index (χ0v) is 11.2. The fraction of sp³-hybridized carbons (Fsp3) is 0.214. The van der Waals surface area contributed by atoms with Crippen molar-refractivity contribution in [1.82, 2.24) is 0 Å². The van der Waals surface area contributed by atoms with Gasteiger partial charge in [-0.25, -0.2) is 9.18 Å². The van der Waals surface area contributed by atoms with Crippen LogP contribution in [0.4, 0.5) is 15.8 Å². The van der Waals surface area contributed by atoms with Crippen LogP contribution in [0, 0.1) is 12.7 Å². The van der Waals surface area contributed by atoms with Crippen molar-refractivity contribution >= 4 is 17.3 Å². The van der Waals surface area contributed by atoms with Crippen LogP contribution in [0.3, 0.4) is 0 Å². The zero-order valence-electron chi connectivity index (χ0n) is 11.2. The molecular formula is C14H15FN2O3. The van der Waals surface area contributed by atoms with Crippen LogP contribution < -0.4 is 10.6 Å². The molecule has 0 aliphatic heterocycles. The quantitative estimate of drug-likeness (QED) is 0.840. The van der Waals surface area contributed by atoms with Gasteiger partial charge in [0.05, 0.1) is 17.8 Å². The number of carboxylic acid groups (broad SMARTS) is 1. The third-order valence-electron chi connectivity index (χ3n) is 2.95. The summed E-state index contributed by atoms with van der Waals surface area (Å²) in [7, 11) is 1.65. The van der Waals surface area contributed by atoms with Crippen molar-refractivity contribution in [1.29, 1.82) is 0 Å². The van der Waals surface area contributed by atoms with Gasteiger partial charge in [-0.2, -0.15) is 0 Å². The molecule has 0 aliphatic carbocycles. The molecule has 1 heterocycles. The topological polar surface area (TPSA) is 79.7 Å². The molecule has 106 valence electrons. The highest BCUT2D eigenvalue weighted by Crippen LogP contribution is 2.26. The first kappa shape index (κ1) is 13.9. The number of furan rings is 1. The summed E-state index contributed by atoms with van der Waals surface area (Å²) in [6.45, 7) is 2.14. The van der Waals surface area contributed by atoms with E-state index in [1.54, 1.807) is 18.0 Å². The number of nitrogen functional groups attached to an aromatic ring is 1. The van der Waals surface area contributed by atoms with Crippen LogP contribution >= 0.6 is 0 Å². The minimum atomic E-state index is -1.19. The molecule has 0 unspecified atom stereocenters. The van der Waals surface area contributed by atoms with E-state index in [4.69, 9.17) is 15.3 Å². The fourth-order valence-electron chi connectivity index (χ4n) is 1.94. The minimum Gasteiger partial charge on any atom is -0.478 e. The summed E-state index contributed by atoms with van der Waals surface area (Å²) >= 11 is 0. The Bertz CT molecular complexity index is 652. The number of hydrogen-bond acceptors (Lipinski definition) is 4. The van der Waals surface area contributed by atoms with Crippen LogP contribution in [-0.4, -0.2) is 18.1 Å². The summed E-state index contributed by atoms with van der Waals surface area (Å²) in [6.07, 6.45) is 0. The summed E-state index contributed by atoms with van der Waals surface area (Å²) < 4.78 is 19.3. The molecule has 2 aromatic rings. The molecule has 0 fully saturated rings. The first-order valence-electron chi connectivity index (χ1n) is 5.97. The Balaban J connectivity index is 2.31. The van der Waals surface area contributed by atoms with Gasteiger partial charge >= 0.3 is 5.97 Å². The van der Waals surface area contributed by atoms with E-state index < -0.39 is 11.8 Å². The Hall–Kier alpha value is -2.50. The number of carboxylic acids is 1. The van der Waals surface area contributed by atoms with Gasteiger partial charge in [-0.05, 0) is 31.2 Å². The third kappa shape index (κ3) is 2.74. The van der Waals surface area contributed by atoms with Crippen LogP contribution in [0.15, 0.2) is 28.7 Å². The van der Waals surface area contributed by atoms with E-state index >= 15 is 0 Å². The van der Waals surface area contributed by atoms with Crippen LogP contribution in [0.25, 0.3) is 0 Å². The number of carbonyl (C=O) groups is 1. The number of benzene rings is 1. The Kier molecular flexibility index (Phi) is 3.65. The second-order valence-electron chi connectivity index (χ2n) is 4.56. The Morgan fingerprint density at radius 2 is 2.15 bits per heavy atom. The summed E-state index contributed by atoms with van der Waals surface area (Å²) in [4.78, 5) is 12.6. The molecule has 0 atom stereocenters. The molecule has 0 spiro atoms. The molecule has 5 nitrogen and oxygen atoms in total. The Labute approximate surface area is 115 Å². The monoisotopic (exact) mass is 278 g/mol. The predicted molar refractivity (Wildman–Crippen MR) is 73.3 cm³/mol.